The Labute approximate surface area is 115 Å². The third-order valence-corrected chi connectivity index (χ3v) is 2.54. The van der Waals surface area contributed by atoms with Crippen molar-refractivity contribution in [2.75, 3.05) is 6.54 Å². The number of halogens is 2. The van der Waals surface area contributed by atoms with Gasteiger partial charge >= 0.3 is 0 Å². The van der Waals surface area contributed by atoms with Crippen molar-refractivity contribution in [3.8, 4) is 11.6 Å². The second-order valence-corrected chi connectivity index (χ2v) is 4.22. The molecule has 0 fully saturated rings. The average Bonchev–Trinajstić information content (AvgIpc) is 2.45. The first-order chi connectivity index (χ1) is 9.69. The van der Waals surface area contributed by atoms with E-state index in [4.69, 9.17) is 4.74 Å². The number of aromatic nitrogens is 2. The monoisotopic (exact) mass is 279 g/mol. The summed E-state index contributed by atoms with van der Waals surface area (Å²) in [7, 11) is 0. The predicted octanol–water partition coefficient (Wildman–Crippen LogP) is 3.05. The molecule has 20 heavy (non-hydrogen) atoms. The van der Waals surface area contributed by atoms with Gasteiger partial charge in [0, 0.05) is 18.7 Å². The fourth-order valence-corrected chi connectivity index (χ4v) is 1.56. The number of hydrogen-bond donors (Lipinski definition) is 1. The molecule has 0 bridgehead atoms. The van der Waals surface area contributed by atoms with Gasteiger partial charge in [-0.2, -0.15) is 5.10 Å². The second-order valence-electron chi connectivity index (χ2n) is 4.22. The zero-order chi connectivity index (χ0) is 14.4. The molecule has 0 spiro atoms. The van der Waals surface area contributed by atoms with Crippen LogP contribution in [0.5, 0.6) is 11.6 Å². The zero-order valence-corrected chi connectivity index (χ0v) is 11.1. The van der Waals surface area contributed by atoms with E-state index in [0.717, 1.165) is 36.9 Å². The van der Waals surface area contributed by atoms with Crippen LogP contribution in [0.15, 0.2) is 30.3 Å². The van der Waals surface area contributed by atoms with Crippen LogP contribution in [0.25, 0.3) is 0 Å². The largest absolute Gasteiger partial charge is 0.434 e. The first-order valence-corrected chi connectivity index (χ1v) is 6.35. The molecule has 0 atom stereocenters. The molecule has 4 nitrogen and oxygen atoms in total. The van der Waals surface area contributed by atoms with Gasteiger partial charge in [-0.3, -0.25) is 0 Å². The van der Waals surface area contributed by atoms with E-state index >= 15 is 0 Å². The fourth-order valence-electron chi connectivity index (χ4n) is 1.56. The molecular formula is C14H15F2N3O. The third-order valence-electron chi connectivity index (χ3n) is 2.54. The minimum atomic E-state index is -0.651. The average molecular weight is 279 g/mol. The van der Waals surface area contributed by atoms with Gasteiger partial charge < -0.3 is 10.1 Å². The summed E-state index contributed by atoms with van der Waals surface area (Å²) < 4.78 is 31.5. The van der Waals surface area contributed by atoms with Crippen molar-refractivity contribution in [1.82, 2.24) is 15.5 Å². The van der Waals surface area contributed by atoms with Gasteiger partial charge in [0.1, 0.15) is 5.82 Å². The van der Waals surface area contributed by atoms with Crippen molar-refractivity contribution in [2.24, 2.45) is 0 Å². The highest BCUT2D eigenvalue weighted by Crippen LogP contribution is 2.23. The van der Waals surface area contributed by atoms with E-state index in [9.17, 15) is 8.78 Å². The first kappa shape index (κ1) is 14.3. The molecular weight excluding hydrogens is 264 g/mol. The van der Waals surface area contributed by atoms with Gasteiger partial charge in [0.05, 0.1) is 5.69 Å². The van der Waals surface area contributed by atoms with Crippen LogP contribution < -0.4 is 10.1 Å². The molecule has 1 aromatic carbocycles. The molecule has 1 N–H and O–H groups in total. The molecule has 106 valence electrons. The standard InChI is InChI=1S/C14H15F2N3O/c1-2-7-17-9-11-4-6-14(19-18-11)20-13-8-10(15)3-5-12(13)16/h3-6,8,17H,2,7,9H2,1H3. The van der Waals surface area contributed by atoms with E-state index < -0.39 is 11.6 Å². The maximum Gasteiger partial charge on any atom is 0.239 e. The number of nitrogens with one attached hydrogen (secondary N) is 1. The molecule has 1 heterocycles. The van der Waals surface area contributed by atoms with Crippen LogP contribution in [0, 0.1) is 11.6 Å². The molecule has 2 rings (SSSR count). The van der Waals surface area contributed by atoms with Crippen molar-refractivity contribution >= 4 is 0 Å². The van der Waals surface area contributed by atoms with Gasteiger partial charge in [-0.1, -0.05) is 6.92 Å². The van der Waals surface area contributed by atoms with E-state index in [1.54, 1.807) is 12.1 Å². The summed E-state index contributed by atoms with van der Waals surface area (Å²) in [5.74, 6) is -1.32. The maximum atomic E-state index is 13.4. The molecule has 0 aliphatic rings. The minimum Gasteiger partial charge on any atom is -0.434 e. The summed E-state index contributed by atoms with van der Waals surface area (Å²) in [5.41, 5.74) is 0.755. The van der Waals surface area contributed by atoms with Gasteiger partial charge in [0.25, 0.3) is 0 Å². The van der Waals surface area contributed by atoms with Gasteiger partial charge in [-0.05, 0) is 31.2 Å². The van der Waals surface area contributed by atoms with Gasteiger partial charge in [-0.25, -0.2) is 8.78 Å². The zero-order valence-electron chi connectivity index (χ0n) is 11.1. The molecule has 1 aromatic heterocycles. The van der Waals surface area contributed by atoms with Crippen molar-refractivity contribution < 1.29 is 13.5 Å². The van der Waals surface area contributed by atoms with Crippen LogP contribution in [-0.2, 0) is 6.54 Å². The second kappa shape index (κ2) is 6.91. The quantitative estimate of drug-likeness (QED) is 0.826. The Morgan fingerprint density at radius 2 is 2.00 bits per heavy atom. The summed E-state index contributed by atoms with van der Waals surface area (Å²) >= 11 is 0. The highest BCUT2D eigenvalue weighted by molar-refractivity contribution is 5.29. The lowest BCUT2D eigenvalue weighted by Gasteiger charge is -2.06. The Hall–Kier alpha value is -2.08. The van der Waals surface area contributed by atoms with Crippen LogP contribution in [0.3, 0.4) is 0 Å². The number of rotatable bonds is 6. The molecule has 0 radical (unpaired) electrons. The Morgan fingerprint density at radius 3 is 2.70 bits per heavy atom. The number of nitrogens with zero attached hydrogens (tertiary/aromatic N) is 2. The van der Waals surface area contributed by atoms with E-state index in [2.05, 4.69) is 22.4 Å². The Balaban J connectivity index is 2.01. The van der Waals surface area contributed by atoms with Crippen LogP contribution >= 0.6 is 0 Å². The van der Waals surface area contributed by atoms with Crippen molar-refractivity contribution in [1.29, 1.82) is 0 Å². The molecule has 0 aliphatic heterocycles. The first-order valence-electron chi connectivity index (χ1n) is 6.35. The smallest absolute Gasteiger partial charge is 0.239 e. The third kappa shape index (κ3) is 3.96. The highest BCUT2D eigenvalue weighted by Gasteiger charge is 2.07. The molecule has 0 amide bonds. The summed E-state index contributed by atoms with van der Waals surface area (Å²) in [6.07, 6.45) is 1.04. The fraction of sp³-hybridized carbons (Fsp3) is 0.286. The normalized spacial score (nSPS) is 10.6. The van der Waals surface area contributed by atoms with E-state index in [1.807, 2.05) is 0 Å². The summed E-state index contributed by atoms with van der Waals surface area (Å²) in [4.78, 5) is 0. The lowest BCUT2D eigenvalue weighted by atomic mass is 10.3. The predicted molar refractivity (Wildman–Crippen MR) is 70.5 cm³/mol. The lowest BCUT2D eigenvalue weighted by molar-refractivity contribution is 0.416. The van der Waals surface area contributed by atoms with E-state index in [0.29, 0.717) is 6.54 Å². The maximum absolute atomic E-state index is 13.4. The Kier molecular flexibility index (Phi) is 4.95. The summed E-state index contributed by atoms with van der Waals surface area (Å²) in [6, 6.07) is 6.29. The molecule has 2 aromatic rings. The summed E-state index contributed by atoms with van der Waals surface area (Å²) in [6.45, 7) is 3.58. The summed E-state index contributed by atoms with van der Waals surface area (Å²) in [5, 5.41) is 11.0. The molecule has 0 saturated heterocycles. The topological polar surface area (TPSA) is 47.0 Å². The van der Waals surface area contributed by atoms with Gasteiger partial charge in [-0.15, -0.1) is 5.10 Å². The van der Waals surface area contributed by atoms with Crippen molar-refractivity contribution in [3.63, 3.8) is 0 Å². The van der Waals surface area contributed by atoms with Crippen LogP contribution in [0.2, 0.25) is 0 Å². The van der Waals surface area contributed by atoms with Gasteiger partial charge in [0.15, 0.2) is 11.6 Å². The molecule has 0 unspecified atom stereocenters. The van der Waals surface area contributed by atoms with Crippen LogP contribution in [0.1, 0.15) is 19.0 Å². The van der Waals surface area contributed by atoms with Gasteiger partial charge in [0.2, 0.25) is 5.88 Å². The molecule has 0 saturated carbocycles. The molecule has 0 aliphatic carbocycles. The van der Waals surface area contributed by atoms with Crippen molar-refractivity contribution in [2.45, 2.75) is 19.9 Å². The van der Waals surface area contributed by atoms with Crippen LogP contribution in [-0.4, -0.2) is 16.7 Å². The Morgan fingerprint density at radius 1 is 1.15 bits per heavy atom. The number of ether oxygens (including phenoxy) is 1. The number of hydrogen-bond acceptors (Lipinski definition) is 4. The SMILES string of the molecule is CCCNCc1ccc(Oc2cc(F)ccc2F)nn1. The minimum absolute atomic E-state index is 0.119. The highest BCUT2D eigenvalue weighted by atomic mass is 19.1. The lowest BCUT2D eigenvalue weighted by Crippen LogP contribution is -2.15. The van der Waals surface area contributed by atoms with Crippen LogP contribution in [0.4, 0.5) is 8.78 Å². The van der Waals surface area contributed by atoms with E-state index in [1.165, 1.54) is 0 Å². The Bertz CT molecular complexity index is 561. The number of benzene rings is 1. The molecule has 6 heteroatoms. The van der Waals surface area contributed by atoms with Crippen molar-refractivity contribution in [3.05, 3.63) is 47.7 Å². The van der Waals surface area contributed by atoms with E-state index in [-0.39, 0.29) is 11.6 Å².